The molecule has 4 rings (SSSR count). The first-order chi connectivity index (χ1) is 14.1. The van der Waals surface area contributed by atoms with Gasteiger partial charge in [-0.15, -0.1) is 0 Å². The van der Waals surface area contributed by atoms with E-state index in [-0.39, 0.29) is 18.2 Å². The van der Waals surface area contributed by atoms with Crippen molar-refractivity contribution in [1.82, 2.24) is 14.7 Å². The number of nitrogens with zero attached hydrogens (tertiary/aromatic N) is 3. The maximum absolute atomic E-state index is 11.8. The van der Waals surface area contributed by atoms with Crippen molar-refractivity contribution < 1.29 is 18.9 Å². The Hall–Kier alpha value is -4.14. The van der Waals surface area contributed by atoms with Gasteiger partial charge in [-0.05, 0) is 42.5 Å². The predicted molar refractivity (Wildman–Crippen MR) is 103 cm³/mol. The molecule has 3 heterocycles. The van der Waals surface area contributed by atoms with E-state index >= 15 is 0 Å². The summed E-state index contributed by atoms with van der Waals surface area (Å²) in [5.41, 5.74) is 2.11. The Balaban J connectivity index is 1.38. The molecule has 146 valence electrons. The van der Waals surface area contributed by atoms with Crippen LogP contribution in [0.2, 0.25) is 0 Å². The molecule has 3 aromatic heterocycles. The van der Waals surface area contributed by atoms with Crippen molar-refractivity contribution in [2.75, 3.05) is 6.61 Å². The van der Waals surface area contributed by atoms with Gasteiger partial charge in [0, 0.05) is 17.8 Å². The molecule has 0 unspecified atom stereocenters. The van der Waals surface area contributed by atoms with Crippen LogP contribution in [-0.2, 0) is 11.3 Å². The third-order valence-electron chi connectivity index (χ3n) is 4.21. The average molecular weight is 392 g/mol. The second-order valence-corrected chi connectivity index (χ2v) is 6.21. The Kier molecular flexibility index (Phi) is 4.93. The number of ether oxygens (including phenoxy) is 1. The average Bonchev–Trinajstić information content (AvgIpc) is 3.40. The number of fused-ring (bicyclic) bond motifs is 1. The van der Waals surface area contributed by atoms with Gasteiger partial charge in [-0.2, -0.15) is 0 Å². The van der Waals surface area contributed by atoms with E-state index in [4.69, 9.17) is 9.15 Å². The topological polar surface area (TPSA) is 112 Å². The first-order valence-electron chi connectivity index (χ1n) is 8.74. The molecule has 0 aliphatic heterocycles. The van der Waals surface area contributed by atoms with E-state index in [9.17, 15) is 14.9 Å². The van der Waals surface area contributed by atoms with Gasteiger partial charge in [0.2, 0.25) is 0 Å². The number of hydrogen-bond acceptors (Lipinski definition) is 6. The van der Waals surface area contributed by atoms with Gasteiger partial charge in [0.15, 0.2) is 6.61 Å². The first-order valence-corrected chi connectivity index (χ1v) is 8.74. The van der Waals surface area contributed by atoms with E-state index < -0.39 is 4.92 Å². The standard InChI is InChI=1S/C20H16N4O5/c25-20(21-10-17-2-1-9-28-17)13-29-16-6-3-14(4-7-16)18-12-23-11-15(24(26)27)5-8-19(23)22-18/h1-9,11-12H,10,13H2,(H,21,25). The van der Waals surface area contributed by atoms with Crippen LogP contribution in [0.4, 0.5) is 5.69 Å². The molecule has 0 atom stereocenters. The summed E-state index contributed by atoms with van der Waals surface area (Å²) in [5, 5.41) is 13.6. The van der Waals surface area contributed by atoms with E-state index in [1.54, 1.807) is 47.2 Å². The lowest BCUT2D eigenvalue weighted by Gasteiger charge is -2.07. The number of rotatable bonds is 7. The van der Waals surface area contributed by atoms with E-state index in [0.717, 1.165) is 5.56 Å². The van der Waals surface area contributed by atoms with E-state index in [1.807, 2.05) is 12.1 Å². The second kappa shape index (κ2) is 7.85. The van der Waals surface area contributed by atoms with Gasteiger partial charge in [-0.1, -0.05) is 0 Å². The monoisotopic (exact) mass is 392 g/mol. The normalized spacial score (nSPS) is 10.8. The maximum Gasteiger partial charge on any atom is 0.286 e. The molecule has 29 heavy (non-hydrogen) atoms. The number of amides is 1. The van der Waals surface area contributed by atoms with Gasteiger partial charge in [0.05, 0.1) is 29.6 Å². The highest BCUT2D eigenvalue weighted by Gasteiger charge is 2.10. The summed E-state index contributed by atoms with van der Waals surface area (Å²) in [7, 11) is 0. The van der Waals surface area contributed by atoms with Gasteiger partial charge < -0.3 is 14.5 Å². The van der Waals surface area contributed by atoms with Gasteiger partial charge in [0.25, 0.3) is 11.6 Å². The largest absolute Gasteiger partial charge is 0.484 e. The number of pyridine rings is 1. The first kappa shape index (κ1) is 18.2. The Morgan fingerprint density at radius 3 is 2.72 bits per heavy atom. The van der Waals surface area contributed by atoms with Crippen molar-refractivity contribution in [3.05, 3.63) is 83.1 Å². The van der Waals surface area contributed by atoms with Gasteiger partial charge in [0.1, 0.15) is 17.2 Å². The minimum Gasteiger partial charge on any atom is -0.484 e. The number of nitrogens with one attached hydrogen (secondary N) is 1. The SMILES string of the molecule is O=C(COc1ccc(-c2cn3cc([N+](=O)[O-])ccc3n2)cc1)NCc1ccco1. The highest BCUT2D eigenvalue weighted by atomic mass is 16.6. The minimum absolute atomic E-state index is 0.00415. The maximum atomic E-state index is 11.8. The fourth-order valence-corrected chi connectivity index (χ4v) is 2.75. The van der Waals surface area contributed by atoms with Gasteiger partial charge in [-0.25, -0.2) is 4.98 Å². The van der Waals surface area contributed by atoms with E-state index in [2.05, 4.69) is 10.3 Å². The molecule has 0 saturated carbocycles. The molecule has 0 saturated heterocycles. The van der Waals surface area contributed by atoms with Crippen LogP contribution in [0.25, 0.3) is 16.9 Å². The molecule has 0 radical (unpaired) electrons. The van der Waals surface area contributed by atoms with Crippen LogP contribution in [0.5, 0.6) is 5.75 Å². The van der Waals surface area contributed by atoms with Crippen molar-refractivity contribution in [3.8, 4) is 17.0 Å². The Labute approximate surface area is 164 Å². The second-order valence-electron chi connectivity index (χ2n) is 6.21. The smallest absolute Gasteiger partial charge is 0.286 e. The molecule has 0 aliphatic rings. The third-order valence-corrected chi connectivity index (χ3v) is 4.21. The van der Waals surface area contributed by atoms with Crippen LogP contribution in [0.15, 0.2) is 71.6 Å². The molecule has 0 aliphatic carbocycles. The van der Waals surface area contributed by atoms with E-state index in [0.29, 0.717) is 29.4 Å². The van der Waals surface area contributed by atoms with Crippen LogP contribution in [0, 0.1) is 10.1 Å². The lowest BCUT2D eigenvalue weighted by molar-refractivity contribution is -0.385. The molecule has 9 heteroatoms. The van der Waals surface area contributed by atoms with Crippen molar-refractivity contribution in [2.45, 2.75) is 6.54 Å². The van der Waals surface area contributed by atoms with Crippen LogP contribution in [0.1, 0.15) is 5.76 Å². The van der Waals surface area contributed by atoms with Gasteiger partial charge >= 0.3 is 0 Å². The minimum atomic E-state index is -0.448. The zero-order valence-electron chi connectivity index (χ0n) is 15.1. The van der Waals surface area contributed by atoms with Crippen LogP contribution < -0.4 is 10.1 Å². The number of nitro groups is 1. The predicted octanol–water partition coefficient (Wildman–Crippen LogP) is 3.20. The molecule has 9 nitrogen and oxygen atoms in total. The summed E-state index contributed by atoms with van der Waals surface area (Å²) in [6.07, 6.45) is 4.69. The molecule has 1 N–H and O–H groups in total. The third kappa shape index (κ3) is 4.24. The molecule has 1 aromatic carbocycles. The molecule has 1 amide bonds. The number of benzene rings is 1. The highest BCUT2D eigenvalue weighted by Crippen LogP contribution is 2.23. The highest BCUT2D eigenvalue weighted by molar-refractivity contribution is 5.77. The summed E-state index contributed by atoms with van der Waals surface area (Å²) >= 11 is 0. The molecule has 0 spiro atoms. The zero-order valence-corrected chi connectivity index (χ0v) is 15.1. The number of hydrogen-bond donors (Lipinski definition) is 1. The molecule has 0 fully saturated rings. The zero-order chi connectivity index (χ0) is 20.2. The molecular formula is C20H16N4O5. The Morgan fingerprint density at radius 2 is 2.00 bits per heavy atom. The fraction of sp³-hybridized carbons (Fsp3) is 0.100. The molecular weight excluding hydrogens is 376 g/mol. The number of furan rings is 1. The lowest BCUT2D eigenvalue weighted by Crippen LogP contribution is -2.28. The van der Waals surface area contributed by atoms with Crippen molar-refractivity contribution >= 4 is 17.2 Å². The number of imidazole rings is 1. The number of aromatic nitrogens is 2. The summed E-state index contributed by atoms with van der Waals surface area (Å²) in [5.74, 6) is 0.953. The quantitative estimate of drug-likeness (QED) is 0.382. The van der Waals surface area contributed by atoms with Gasteiger partial charge in [-0.3, -0.25) is 19.3 Å². The van der Waals surface area contributed by atoms with Crippen LogP contribution in [0.3, 0.4) is 0 Å². The molecule has 4 aromatic rings. The summed E-state index contributed by atoms with van der Waals surface area (Å²) in [6, 6.07) is 13.6. The van der Waals surface area contributed by atoms with Crippen molar-refractivity contribution in [2.24, 2.45) is 0 Å². The van der Waals surface area contributed by atoms with Crippen LogP contribution >= 0.6 is 0 Å². The summed E-state index contributed by atoms with van der Waals surface area (Å²) in [6.45, 7) is 0.193. The van der Waals surface area contributed by atoms with Crippen molar-refractivity contribution in [3.63, 3.8) is 0 Å². The number of carbonyl (C=O) groups excluding carboxylic acids is 1. The summed E-state index contributed by atoms with van der Waals surface area (Å²) < 4.78 is 12.2. The van der Waals surface area contributed by atoms with Crippen molar-refractivity contribution in [1.29, 1.82) is 0 Å². The van der Waals surface area contributed by atoms with E-state index in [1.165, 1.54) is 12.3 Å². The van der Waals surface area contributed by atoms with Crippen LogP contribution in [-0.4, -0.2) is 26.8 Å². The molecule has 0 bridgehead atoms. The fourth-order valence-electron chi connectivity index (χ4n) is 2.75. The Bertz CT molecular complexity index is 1150. The number of carbonyl (C=O) groups is 1. The summed E-state index contributed by atoms with van der Waals surface area (Å²) in [4.78, 5) is 26.7. The lowest BCUT2D eigenvalue weighted by atomic mass is 10.2. The Morgan fingerprint density at radius 1 is 1.17 bits per heavy atom.